The second-order valence-electron chi connectivity index (χ2n) is 5.35. The zero-order valence-corrected chi connectivity index (χ0v) is 13.3. The van der Waals surface area contributed by atoms with Gasteiger partial charge in [0.25, 0.3) is 0 Å². The molecule has 22 heavy (non-hydrogen) atoms. The fraction of sp³-hybridized carbons (Fsp3) is 0.467. The first kappa shape index (κ1) is 16.7. The lowest BCUT2D eigenvalue weighted by molar-refractivity contribution is 0.250. The van der Waals surface area contributed by atoms with Crippen LogP contribution in [0.2, 0.25) is 5.02 Å². The van der Waals surface area contributed by atoms with Gasteiger partial charge in [-0.05, 0) is 18.1 Å². The quantitative estimate of drug-likeness (QED) is 0.849. The summed E-state index contributed by atoms with van der Waals surface area (Å²) < 4.78 is 20.3. The van der Waals surface area contributed by atoms with Crippen LogP contribution in [-0.2, 0) is 19.6 Å². The van der Waals surface area contributed by atoms with E-state index in [0.717, 1.165) is 12.2 Å². The van der Waals surface area contributed by atoms with Crippen molar-refractivity contribution in [3.8, 4) is 5.75 Å². The molecule has 1 N–H and O–H groups in total. The van der Waals surface area contributed by atoms with Gasteiger partial charge in [0, 0.05) is 12.5 Å². The van der Waals surface area contributed by atoms with Gasteiger partial charge in [-0.25, -0.2) is 14.1 Å². The number of aliphatic hydroxyl groups excluding tert-OH is 1. The first-order chi connectivity index (χ1) is 10.5. The lowest BCUT2D eigenvalue weighted by atomic mass is 10.1. The third-order valence-corrected chi connectivity index (χ3v) is 3.24. The van der Waals surface area contributed by atoms with Crippen LogP contribution >= 0.6 is 11.6 Å². The zero-order valence-electron chi connectivity index (χ0n) is 12.6. The van der Waals surface area contributed by atoms with Crippen LogP contribution in [0.4, 0.5) is 4.39 Å². The maximum atomic E-state index is 13.1. The minimum absolute atomic E-state index is 0.00909. The number of benzene rings is 1. The van der Waals surface area contributed by atoms with E-state index in [0.29, 0.717) is 24.0 Å². The van der Waals surface area contributed by atoms with Crippen molar-refractivity contribution in [3.63, 3.8) is 0 Å². The smallest absolute Gasteiger partial charge is 0.165 e. The summed E-state index contributed by atoms with van der Waals surface area (Å²) in [5, 5.41) is 13.5. The van der Waals surface area contributed by atoms with E-state index in [2.05, 4.69) is 23.9 Å². The topological polar surface area (TPSA) is 60.2 Å². The molecule has 2 aromatic rings. The molecule has 0 aliphatic carbocycles. The minimum atomic E-state index is -0.489. The number of hydrogen-bond donors (Lipinski definition) is 1. The SMILES string of the molecule is CC(C)Cc1nc(COc2ccc(F)c(Cl)c2)n(CCO)n1. The Labute approximate surface area is 133 Å². The number of rotatable bonds is 7. The fourth-order valence-electron chi connectivity index (χ4n) is 1.97. The predicted molar refractivity (Wildman–Crippen MR) is 81.4 cm³/mol. The van der Waals surface area contributed by atoms with Gasteiger partial charge in [-0.3, -0.25) is 0 Å². The van der Waals surface area contributed by atoms with Gasteiger partial charge in [0.1, 0.15) is 18.2 Å². The van der Waals surface area contributed by atoms with Gasteiger partial charge in [0.15, 0.2) is 11.6 Å². The Morgan fingerprint density at radius 3 is 2.82 bits per heavy atom. The van der Waals surface area contributed by atoms with Gasteiger partial charge in [0.2, 0.25) is 0 Å². The van der Waals surface area contributed by atoms with Crippen molar-refractivity contribution in [3.05, 3.63) is 40.7 Å². The van der Waals surface area contributed by atoms with E-state index in [9.17, 15) is 4.39 Å². The van der Waals surface area contributed by atoms with Crippen molar-refractivity contribution < 1.29 is 14.2 Å². The molecule has 1 aromatic heterocycles. The van der Waals surface area contributed by atoms with Crippen molar-refractivity contribution in [2.45, 2.75) is 33.4 Å². The number of nitrogens with zero attached hydrogens (tertiary/aromatic N) is 3. The van der Waals surface area contributed by atoms with E-state index in [4.69, 9.17) is 21.4 Å². The van der Waals surface area contributed by atoms with Gasteiger partial charge in [-0.15, -0.1) is 0 Å². The highest BCUT2D eigenvalue weighted by Crippen LogP contribution is 2.21. The molecule has 5 nitrogen and oxygen atoms in total. The maximum absolute atomic E-state index is 13.1. The number of aromatic nitrogens is 3. The summed E-state index contributed by atoms with van der Waals surface area (Å²) in [5.41, 5.74) is 0. The molecule has 0 radical (unpaired) electrons. The van der Waals surface area contributed by atoms with Crippen LogP contribution in [0, 0.1) is 11.7 Å². The molecule has 0 atom stereocenters. The first-order valence-corrected chi connectivity index (χ1v) is 7.48. The number of aliphatic hydroxyl groups is 1. The molecule has 0 spiro atoms. The summed E-state index contributed by atoms with van der Waals surface area (Å²) in [6.45, 7) is 4.67. The average molecular weight is 328 g/mol. The summed E-state index contributed by atoms with van der Waals surface area (Å²) in [7, 11) is 0. The van der Waals surface area contributed by atoms with Crippen molar-refractivity contribution in [1.82, 2.24) is 14.8 Å². The molecule has 0 aliphatic heterocycles. The lowest BCUT2D eigenvalue weighted by Gasteiger charge is -2.07. The molecule has 0 aliphatic rings. The Morgan fingerprint density at radius 1 is 1.41 bits per heavy atom. The Hall–Kier alpha value is -1.66. The third-order valence-electron chi connectivity index (χ3n) is 2.95. The Bertz CT molecular complexity index is 631. The molecule has 7 heteroatoms. The second kappa shape index (κ2) is 7.56. The van der Waals surface area contributed by atoms with Crippen molar-refractivity contribution in [2.75, 3.05) is 6.61 Å². The fourth-order valence-corrected chi connectivity index (χ4v) is 2.14. The van der Waals surface area contributed by atoms with Gasteiger partial charge in [-0.1, -0.05) is 25.4 Å². The van der Waals surface area contributed by atoms with Crippen molar-refractivity contribution in [1.29, 1.82) is 0 Å². The van der Waals surface area contributed by atoms with E-state index < -0.39 is 5.82 Å². The Balaban J connectivity index is 2.09. The molecule has 0 bridgehead atoms. The summed E-state index contributed by atoms with van der Waals surface area (Å²) in [6, 6.07) is 4.17. The van der Waals surface area contributed by atoms with Crippen LogP contribution in [0.3, 0.4) is 0 Å². The zero-order chi connectivity index (χ0) is 16.1. The minimum Gasteiger partial charge on any atom is -0.486 e. The predicted octanol–water partition coefficient (Wildman–Crippen LogP) is 2.84. The molecule has 0 saturated heterocycles. The van der Waals surface area contributed by atoms with Gasteiger partial charge in [-0.2, -0.15) is 5.10 Å². The standard InChI is InChI=1S/C15H19ClFN3O2/c1-10(2)7-14-18-15(20(19-14)5-6-21)9-22-11-3-4-13(17)12(16)8-11/h3-4,8,10,21H,5-7,9H2,1-2H3. The molecule has 0 fully saturated rings. The Kier molecular flexibility index (Phi) is 5.74. The molecular formula is C15H19ClFN3O2. The summed E-state index contributed by atoms with van der Waals surface area (Å²) in [4.78, 5) is 4.43. The average Bonchev–Trinajstić information content (AvgIpc) is 2.81. The lowest BCUT2D eigenvalue weighted by Crippen LogP contribution is -2.11. The molecule has 0 unspecified atom stereocenters. The maximum Gasteiger partial charge on any atom is 0.165 e. The van der Waals surface area contributed by atoms with Crippen LogP contribution in [0.25, 0.3) is 0 Å². The van der Waals surface area contributed by atoms with Crippen molar-refractivity contribution in [2.24, 2.45) is 5.92 Å². The highest BCUT2D eigenvalue weighted by molar-refractivity contribution is 6.30. The van der Waals surface area contributed by atoms with Crippen LogP contribution in [0.1, 0.15) is 25.5 Å². The molecular weight excluding hydrogens is 309 g/mol. The molecule has 0 saturated carbocycles. The summed E-state index contributed by atoms with van der Waals surface area (Å²) in [6.07, 6.45) is 0.758. The third kappa shape index (κ3) is 4.42. The van der Waals surface area contributed by atoms with E-state index in [1.165, 1.54) is 18.2 Å². The monoisotopic (exact) mass is 327 g/mol. The number of hydrogen-bond acceptors (Lipinski definition) is 4. The van der Waals surface area contributed by atoms with E-state index in [1.54, 1.807) is 4.68 Å². The van der Waals surface area contributed by atoms with Gasteiger partial charge < -0.3 is 9.84 Å². The molecule has 1 heterocycles. The molecule has 0 amide bonds. The second-order valence-corrected chi connectivity index (χ2v) is 5.76. The molecule has 1 aromatic carbocycles. The first-order valence-electron chi connectivity index (χ1n) is 7.11. The van der Waals surface area contributed by atoms with Gasteiger partial charge >= 0.3 is 0 Å². The van der Waals surface area contributed by atoms with E-state index in [1.807, 2.05) is 0 Å². The van der Waals surface area contributed by atoms with Gasteiger partial charge in [0.05, 0.1) is 18.2 Å². The summed E-state index contributed by atoms with van der Waals surface area (Å²) in [5.74, 6) is 1.74. The van der Waals surface area contributed by atoms with E-state index in [-0.39, 0.29) is 18.2 Å². The molecule has 120 valence electrons. The molecule has 2 rings (SSSR count). The van der Waals surface area contributed by atoms with E-state index >= 15 is 0 Å². The normalized spacial score (nSPS) is 11.2. The summed E-state index contributed by atoms with van der Waals surface area (Å²) >= 11 is 5.72. The van der Waals surface area contributed by atoms with Crippen LogP contribution in [0.5, 0.6) is 5.75 Å². The Morgan fingerprint density at radius 2 is 2.18 bits per heavy atom. The highest BCUT2D eigenvalue weighted by Gasteiger charge is 2.12. The number of ether oxygens (including phenoxy) is 1. The van der Waals surface area contributed by atoms with Crippen molar-refractivity contribution >= 4 is 11.6 Å². The highest BCUT2D eigenvalue weighted by atomic mass is 35.5. The number of halogens is 2. The van der Waals surface area contributed by atoms with Crippen LogP contribution in [-0.4, -0.2) is 26.5 Å². The van der Waals surface area contributed by atoms with Crippen LogP contribution < -0.4 is 4.74 Å². The van der Waals surface area contributed by atoms with Crippen LogP contribution in [0.15, 0.2) is 18.2 Å². The largest absolute Gasteiger partial charge is 0.486 e.